The van der Waals surface area contributed by atoms with E-state index in [0.717, 1.165) is 0 Å². The summed E-state index contributed by atoms with van der Waals surface area (Å²) in [6, 6.07) is 6.67. The lowest BCUT2D eigenvalue weighted by molar-refractivity contribution is 0.411. The van der Waals surface area contributed by atoms with Gasteiger partial charge in [0.25, 0.3) is 11.9 Å². The molecule has 0 unspecified atom stereocenters. The largest absolute Gasteiger partial charge is 0.497 e. The van der Waals surface area contributed by atoms with E-state index in [1.54, 1.807) is 31.2 Å². The highest BCUT2D eigenvalue weighted by atomic mass is 19.2. The Bertz CT molecular complexity index is 691. The van der Waals surface area contributed by atoms with Crippen molar-refractivity contribution in [3.05, 3.63) is 53.4 Å². The minimum atomic E-state index is -1.75. The first-order valence-corrected chi connectivity index (χ1v) is 6.08. The fraction of sp³-hybridized carbons (Fsp3) is 0.143. The quantitative estimate of drug-likeness (QED) is 0.407. The van der Waals surface area contributed by atoms with Gasteiger partial charge in [0, 0.05) is 0 Å². The summed E-state index contributed by atoms with van der Waals surface area (Å²) >= 11 is 0. The van der Waals surface area contributed by atoms with Crippen molar-refractivity contribution in [2.45, 2.75) is 6.92 Å². The van der Waals surface area contributed by atoms with Gasteiger partial charge in [0.2, 0.25) is 11.6 Å². The Hall–Kier alpha value is -2.64. The van der Waals surface area contributed by atoms with Crippen LogP contribution in [0.5, 0.6) is 5.75 Å². The molecule has 116 valence electrons. The third kappa shape index (κ3) is 3.16. The van der Waals surface area contributed by atoms with Gasteiger partial charge in [-0.05, 0) is 36.8 Å². The van der Waals surface area contributed by atoms with Gasteiger partial charge in [-0.1, -0.05) is 0 Å². The molecule has 1 heterocycles. The van der Waals surface area contributed by atoms with Crippen LogP contribution < -0.4 is 10.2 Å². The van der Waals surface area contributed by atoms with Crippen LogP contribution in [-0.2, 0) is 0 Å². The number of aromatic nitrogens is 1. The van der Waals surface area contributed by atoms with Crippen LogP contribution >= 0.6 is 0 Å². The lowest BCUT2D eigenvalue weighted by Crippen LogP contribution is -2.07. The molecular weight excluding hydrogens is 302 g/mol. The van der Waals surface area contributed by atoms with Crippen LogP contribution in [0.3, 0.4) is 0 Å². The van der Waals surface area contributed by atoms with Gasteiger partial charge in [-0.15, -0.1) is 0 Å². The molecule has 0 spiro atoms. The van der Waals surface area contributed by atoms with Crippen molar-refractivity contribution in [1.82, 2.24) is 4.98 Å². The monoisotopic (exact) mass is 313 g/mol. The van der Waals surface area contributed by atoms with Crippen LogP contribution in [-0.4, -0.2) is 17.8 Å². The number of pyridine rings is 1. The summed E-state index contributed by atoms with van der Waals surface area (Å²) in [4.78, 5) is 2.45. The Morgan fingerprint density at radius 2 is 1.59 bits per heavy atom. The summed E-state index contributed by atoms with van der Waals surface area (Å²) in [5.74, 6) is -6.17. The smallest absolute Gasteiger partial charge is 0.254 e. The van der Waals surface area contributed by atoms with Crippen LogP contribution in [0.25, 0.3) is 0 Å². The standard InChI is InChI=1S/C14H11F4N3O/c1-7(8-3-5-9(22-2)6-4-8)20-21-12-10(15)13(17)19-14(18)11(12)16/h3-6H,1-2H3,(H,19,21)/b20-7-. The summed E-state index contributed by atoms with van der Waals surface area (Å²) in [5, 5.41) is 3.71. The maximum Gasteiger partial charge on any atom is 0.254 e. The molecule has 22 heavy (non-hydrogen) atoms. The van der Waals surface area contributed by atoms with Gasteiger partial charge in [0.15, 0.2) is 0 Å². The minimum absolute atomic E-state index is 0.346. The molecule has 2 aromatic rings. The molecule has 1 N–H and O–H groups in total. The van der Waals surface area contributed by atoms with Crippen molar-refractivity contribution in [1.29, 1.82) is 0 Å². The van der Waals surface area contributed by atoms with E-state index in [4.69, 9.17) is 4.74 Å². The lowest BCUT2D eigenvalue weighted by atomic mass is 10.1. The Morgan fingerprint density at radius 3 is 2.09 bits per heavy atom. The molecule has 0 aliphatic rings. The molecule has 0 radical (unpaired) electrons. The highest BCUT2D eigenvalue weighted by Crippen LogP contribution is 2.22. The molecule has 0 aliphatic carbocycles. The zero-order valence-electron chi connectivity index (χ0n) is 11.6. The van der Waals surface area contributed by atoms with Gasteiger partial charge in [0.1, 0.15) is 11.4 Å². The number of nitrogens with one attached hydrogen (secondary N) is 1. The predicted molar refractivity (Wildman–Crippen MR) is 72.9 cm³/mol. The fourth-order valence-electron chi connectivity index (χ4n) is 1.62. The van der Waals surface area contributed by atoms with E-state index in [0.29, 0.717) is 17.0 Å². The van der Waals surface area contributed by atoms with Crippen LogP contribution in [0.4, 0.5) is 23.2 Å². The number of nitrogens with zero attached hydrogens (tertiary/aromatic N) is 2. The topological polar surface area (TPSA) is 46.5 Å². The molecule has 8 heteroatoms. The summed E-state index contributed by atoms with van der Waals surface area (Å²) in [6.07, 6.45) is 0. The SMILES string of the molecule is COc1ccc(/C(C)=N\Nc2c(F)c(F)nc(F)c2F)cc1. The maximum absolute atomic E-state index is 13.4. The molecule has 2 rings (SSSR count). The van der Waals surface area contributed by atoms with Gasteiger partial charge < -0.3 is 4.74 Å². The molecule has 0 fully saturated rings. The number of ether oxygens (including phenoxy) is 1. The summed E-state index contributed by atoms with van der Waals surface area (Å²) < 4.78 is 57.7. The molecule has 0 saturated heterocycles. The Kier molecular flexibility index (Phi) is 4.59. The van der Waals surface area contributed by atoms with Crippen molar-refractivity contribution in [2.24, 2.45) is 5.10 Å². The fourth-order valence-corrected chi connectivity index (χ4v) is 1.62. The van der Waals surface area contributed by atoms with Crippen LogP contribution in [0.2, 0.25) is 0 Å². The maximum atomic E-state index is 13.4. The van der Waals surface area contributed by atoms with E-state index in [2.05, 4.69) is 10.1 Å². The Labute approximate surface area is 123 Å². The second-order valence-corrected chi connectivity index (χ2v) is 4.23. The van der Waals surface area contributed by atoms with E-state index >= 15 is 0 Å². The first-order chi connectivity index (χ1) is 10.4. The highest BCUT2D eigenvalue weighted by molar-refractivity contribution is 5.99. The average Bonchev–Trinajstić information content (AvgIpc) is 2.53. The number of hydrogen-bond donors (Lipinski definition) is 1. The molecule has 0 bridgehead atoms. The predicted octanol–water partition coefficient (Wildman–Crippen LogP) is 3.48. The highest BCUT2D eigenvalue weighted by Gasteiger charge is 2.20. The van der Waals surface area contributed by atoms with Crippen LogP contribution in [0.15, 0.2) is 29.4 Å². The molecule has 0 atom stereocenters. The van der Waals surface area contributed by atoms with Crippen molar-refractivity contribution in [3.63, 3.8) is 0 Å². The van der Waals surface area contributed by atoms with E-state index in [-0.39, 0.29) is 0 Å². The number of hydrazone groups is 1. The van der Waals surface area contributed by atoms with E-state index in [1.165, 1.54) is 7.11 Å². The van der Waals surface area contributed by atoms with Crippen molar-refractivity contribution in [2.75, 3.05) is 12.5 Å². The number of benzene rings is 1. The minimum Gasteiger partial charge on any atom is -0.497 e. The molecule has 4 nitrogen and oxygen atoms in total. The molecular formula is C14H11F4N3O. The first-order valence-electron chi connectivity index (χ1n) is 6.08. The molecule has 1 aromatic carbocycles. The summed E-state index contributed by atoms with van der Waals surface area (Å²) in [6.45, 7) is 1.55. The van der Waals surface area contributed by atoms with E-state index in [1.807, 2.05) is 5.43 Å². The van der Waals surface area contributed by atoms with Crippen molar-refractivity contribution < 1.29 is 22.3 Å². The number of hydrogen-bond acceptors (Lipinski definition) is 4. The third-order valence-corrected chi connectivity index (χ3v) is 2.84. The summed E-state index contributed by atoms with van der Waals surface area (Å²) in [5.41, 5.74) is 1.91. The second kappa shape index (κ2) is 6.42. The van der Waals surface area contributed by atoms with Gasteiger partial charge in [-0.3, -0.25) is 5.43 Å². The average molecular weight is 313 g/mol. The zero-order valence-corrected chi connectivity index (χ0v) is 11.6. The Balaban J connectivity index is 2.27. The number of methoxy groups -OCH3 is 1. The molecule has 1 aromatic heterocycles. The van der Waals surface area contributed by atoms with Crippen LogP contribution in [0.1, 0.15) is 12.5 Å². The van der Waals surface area contributed by atoms with Crippen LogP contribution in [0, 0.1) is 23.5 Å². The molecule has 0 saturated carbocycles. The molecule has 0 aliphatic heterocycles. The lowest BCUT2D eigenvalue weighted by Gasteiger charge is -2.07. The Morgan fingerprint density at radius 1 is 1.05 bits per heavy atom. The van der Waals surface area contributed by atoms with E-state index < -0.39 is 29.2 Å². The summed E-state index contributed by atoms with van der Waals surface area (Å²) in [7, 11) is 1.51. The normalized spacial score (nSPS) is 11.5. The zero-order chi connectivity index (χ0) is 16.3. The van der Waals surface area contributed by atoms with Gasteiger partial charge in [0.05, 0.1) is 12.8 Å². The molecule has 0 amide bonds. The van der Waals surface area contributed by atoms with Crippen molar-refractivity contribution >= 4 is 11.4 Å². The second-order valence-electron chi connectivity index (χ2n) is 4.23. The number of anilines is 1. The number of rotatable bonds is 4. The van der Waals surface area contributed by atoms with Gasteiger partial charge in [-0.25, -0.2) is 0 Å². The first kappa shape index (κ1) is 15.7. The van der Waals surface area contributed by atoms with Crippen molar-refractivity contribution in [3.8, 4) is 5.75 Å². The van der Waals surface area contributed by atoms with Gasteiger partial charge >= 0.3 is 0 Å². The van der Waals surface area contributed by atoms with E-state index in [9.17, 15) is 17.6 Å². The van der Waals surface area contributed by atoms with Gasteiger partial charge in [-0.2, -0.15) is 27.6 Å². The third-order valence-electron chi connectivity index (χ3n) is 2.84. The number of halogens is 4.